The number of anilines is 1. The first-order chi connectivity index (χ1) is 9.83. The molecule has 5 nitrogen and oxygen atoms in total. The maximum absolute atomic E-state index is 12.2. The van der Waals surface area contributed by atoms with E-state index in [-0.39, 0.29) is 36.8 Å². The molecule has 1 fully saturated rings. The standard InChI is InChI=1S/C15H18N4O.2ClH/c20-15(13-6-1-2-7-16-13)19-12-5-3-4-11(10-12)14-17-8-9-18-14;;/h3-5,8-10,13,16H,1-2,6-7H2,(H,17,18)(H,19,20);2*1H/t13-;;/m1../s1. The number of halogens is 2. The van der Waals surface area contributed by atoms with Gasteiger partial charge in [-0.2, -0.15) is 0 Å². The number of aromatic nitrogens is 2. The Morgan fingerprint density at radius 1 is 1.27 bits per heavy atom. The molecule has 0 spiro atoms. The van der Waals surface area contributed by atoms with E-state index in [1.165, 1.54) is 0 Å². The van der Waals surface area contributed by atoms with Crippen molar-refractivity contribution in [2.75, 3.05) is 11.9 Å². The monoisotopic (exact) mass is 342 g/mol. The molecule has 3 N–H and O–H groups in total. The molecule has 1 saturated heterocycles. The lowest BCUT2D eigenvalue weighted by Gasteiger charge is -2.22. The van der Waals surface area contributed by atoms with Gasteiger partial charge in [0.25, 0.3) is 0 Å². The van der Waals surface area contributed by atoms with Gasteiger partial charge in [0.15, 0.2) is 0 Å². The number of nitrogens with zero attached hydrogens (tertiary/aromatic N) is 1. The predicted octanol–water partition coefficient (Wildman–Crippen LogP) is 3.00. The van der Waals surface area contributed by atoms with Crippen LogP contribution in [0.3, 0.4) is 0 Å². The highest BCUT2D eigenvalue weighted by atomic mass is 35.5. The number of rotatable bonds is 3. The molecule has 1 aliphatic heterocycles. The van der Waals surface area contributed by atoms with Crippen LogP contribution >= 0.6 is 24.8 Å². The van der Waals surface area contributed by atoms with Gasteiger partial charge in [0.05, 0.1) is 6.04 Å². The Balaban J connectivity index is 0.00000121. The fraction of sp³-hybridized carbons (Fsp3) is 0.333. The summed E-state index contributed by atoms with van der Waals surface area (Å²) in [7, 11) is 0. The van der Waals surface area contributed by atoms with Crippen LogP contribution in [0.15, 0.2) is 36.7 Å². The minimum absolute atomic E-state index is 0. The van der Waals surface area contributed by atoms with E-state index in [2.05, 4.69) is 20.6 Å². The van der Waals surface area contributed by atoms with Crippen molar-refractivity contribution in [2.24, 2.45) is 0 Å². The Morgan fingerprint density at radius 3 is 2.82 bits per heavy atom. The van der Waals surface area contributed by atoms with E-state index < -0.39 is 0 Å². The van der Waals surface area contributed by atoms with Gasteiger partial charge in [-0.15, -0.1) is 24.8 Å². The molecule has 1 aromatic heterocycles. The molecular weight excluding hydrogens is 323 g/mol. The number of benzene rings is 1. The third kappa shape index (κ3) is 4.47. The van der Waals surface area contributed by atoms with Crippen LogP contribution in [0.5, 0.6) is 0 Å². The second-order valence-corrected chi connectivity index (χ2v) is 5.01. The summed E-state index contributed by atoms with van der Waals surface area (Å²) in [5, 5.41) is 6.22. The predicted molar refractivity (Wildman–Crippen MR) is 92.8 cm³/mol. The van der Waals surface area contributed by atoms with Gasteiger partial charge in [0.1, 0.15) is 5.82 Å². The number of piperidine rings is 1. The minimum Gasteiger partial charge on any atom is -0.345 e. The van der Waals surface area contributed by atoms with Crippen molar-refractivity contribution in [2.45, 2.75) is 25.3 Å². The topological polar surface area (TPSA) is 69.8 Å². The Labute approximate surface area is 142 Å². The van der Waals surface area contributed by atoms with E-state index in [0.29, 0.717) is 0 Å². The van der Waals surface area contributed by atoms with Gasteiger partial charge in [-0.25, -0.2) is 4.98 Å². The summed E-state index contributed by atoms with van der Waals surface area (Å²) in [6.45, 7) is 0.921. The number of imidazole rings is 1. The average molecular weight is 343 g/mol. The molecule has 1 amide bonds. The Hall–Kier alpha value is -1.56. The Bertz CT molecular complexity index is 583. The van der Waals surface area contributed by atoms with E-state index >= 15 is 0 Å². The lowest BCUT2D eigenvalue weighted by molar-refractivity contribution is -0.118. The number of hydrogen-bond donors (Lipinski definition) is 3. The van der Waals surface area contributed by atoms with Crippen molar-refractivity contribution >= 4 is 36.4 Å². The lowest BCUT2D eigenvalue weighted by Crippen LogP contribution is -2.43. The van der Waals surface area contributed by atoms with E-state index in [4.69, 9.17) is 0 Å². The van der Waals surface area contributed by atoms with Crippen molar-refractivity contribution < 1.29 is 4.79 Å². The molecule has 0 unspecified atom stereocenters. The molecule has 2 aromatic rings. The first kappa shape index (κ1) is 18.5. The second-order valence-electron chi connectivity index (χ2n) is 5.01. The van der Waals surface area contributed by atoms with Crippen molar-refractivity contribution in [1.82, 2.24) is 15.3 Å². The fourth-order valence-electron chi connectivity index (χ4n) is 2.47. The van der Waals surface area contributed by atoms with Gasteiger partial charge in [-0.3, -0.25) is 4.79 Å². The molecule has 120 valence electrons. The zero-order chi connectivity index (χ0) is 13.8. The molecule has 2 heterocycles. The SMILES string of the molecule is Cl.Cl.O=C(Nc1cccc(-c2ncc[nH]2)c1)[C@H]1CCCCN1. The van der Waals surface area contributed by atoms with Gasteiger partial charge >= 0.3 is 0 Å². The summed E-state index contributed by atoms with van der Waals surface area (Å²) >= 11 is 0. The van der Waals surface area contributed by atoms with Crippen LogP contribution in [-0.2, 0) is 4.79 Å². The molecule has 22 heavy (non-hydrogen) atoms. The molecule has 0 saturated carbocycles. The van der Waals surface area contributed by atoms with Crippen LogP contribution in [0.2, 0.25) is 0 Å². The van der Waals surface area contributed by atoms with Crippen LogP contribution in [0.1, 0.15) is 19.3 Å². The highest BCUT2D eigenvalue weighted by molar-refractivity contribution is 5.95. The number of nitrogens with one attached hydrogen (secondary N) is 3. The van der Waals surface area contributed by atoms with E-state index in [1.807, 2.05) is 24.3 Å². The quantitative estimate of drug-likeness (QED) is 0.802. The Morgan fingerprint density at radius 2 is 2.14 bits per heavy atom. The number of aromatic amines is 1. The van der Waals surface area contributed by atoms with Gasteiger partial charge in [0, 0.05) is 23.6 Å². The highest BCUT2D eigenvalue weighted by Crippen LogP contribution is 2.19. The minimum atomic E-state index is -0.0731. The summed E-state index contributed by atoms with van der Waals surface area (Å²) in [4.78, 5) is 19.4. The van der Waals surface area contributed by atoms with E-state index in [9.17, 15) is 4.79 Å². The van der Waals surface area contributed by atoms with Crippen molar-refractivity contribution in [1.29, 1.82) is 0 Å². The third-order valence-corrected chi connectivity index (χ3v) is 3.53. The highest BCUT2D eigenvalue weighted by Gasteiger charge is 2.20. The van der Waals surface area contributed by atoms with Crippen molar-refractivity contribution in [3.05, 3.63) is 36.7 Å². The number of carbonyl (C=O) groups excluding carboxylic acids is 1. The third-order valence-electron chi connectivity index (χ3n) is 3.53. The zero-order valence-electron chi connectivity index (χ0n) is 12.0. The number of H-pyrrole nitrogens is 1. The van der Waals surface area contributed by atoms with E-state index in [1.54, 1.807) is 12.4 Å². The van der Waals surface area contributed by atoms with Crippen LogP contribution in [0, 0.1) is 0 Å². The van der Waals surface area contributed by atoms with Crippen LogP contribution in [0.4, 0.5) is 5.69 Å². The molecule has 0 aliphatic carbocycles. The average Bonchev–Trinajstić information content (AvgIpc) is 3.03. The fourth-order valence-corrected chi connectivity index (χ4v) is 2.47. The first-order valence-electron chi connectivity index (χ1n) is 6.97. The molecule has 0 bridgehead atoms. The number of amides is 1. The van der Waals surface area contributed by atoms with E-state index in [0.717, 1.165) is 42.9 Å². The summed E-state index contributed by atoms with van der Waals surface area (Å²) in [5.74, 6) is 0.846. The number of hydrogen-bond acceptors (Lipinski definition) is 3. The number of carbonyl (C=O) groups is 1. The maximum Gasteiger partial charge on any atom is 0.241 e. The summed E-state index contributed by atoms with van der Waals surface area (Å²) in [6.07, 6.45) is 6.66. The molecule has 1 atom stereocenters. The largest absolute Gasteiger partial charge is 0.345 e. The zero-order valence-corrected chi connectivity index (χ0v) is 13.7. The lowest BCUT2D eigenvalue weighted by atomic mass is 10.0. The molecule has 7 heteroatoms. The molecule has 1 aromatic carbocycles. The van der Waals surface area contributed by atoms with Crippen LogP contribution < -0.4 is 10.6 Å². The molecule has 3 rings (SSSR count). The second kappa shape index (κ2) is 8.78. The van der Waals surface area contributed by atoms with Gasteiger partial charge in [-0.1, -0.05) is 18.6 Å². The molecule has 1 aliphatic rings. The maximum atomic E-state index is 12.2. The van der Waals surface area contributed by atoms with Crippen LogP contribution in [-0.4, -0.2) is 28.5 Å². The van der Waals surface area contributed by atoms with Crippen molar-refractivity contribution in [3.8, 4) is 11.4 Å². The molecular formula is C15H20Cl2N4O. The summed E-state index contributed by atoms with van der Waals surface area (Å²) < 4.78 is 0. The smallest absolute Gasteiger partial charge is 0.241 e. The van der Waals surface area contributed by atoms with Gasteiger partial charge in [0.2, 0.25) is 5.91 Å². The van der Waals surface area contributed by atoms with Crippen LogP contribution in [0.25, 0.3) is 11.4 Å². The summed E-state index contributed by atoms with van der Waals surface area (Å²) in [6, 6.07) is 7.64. The van der Waals surface area contributed by atoms with Gasteiger partial charge in [-0.05, 0) is 31.5 Å². The normalized spacial score (nSPS) is 17.0. The van der Waals surface area contributed by atoms with Gasteiger partial charge < -0.3 is 15.6 Å². The Kier molecular flexibility index (Phi) is 7.38. The first-order valence-corrected chi connectivity index (χ1v) is 6.97. The summed E-state index contributed by atoms with van der Waals surface area (Å²) in [5.41, 5.74) is 1.76. The van der Waals surface area contributed by atoms with Crippen molar-refractivity contribution in [3.63, 3.8) is 0 Å². The molecule has 0 radical (unpaired) electrons.